The van der Waals surface area contributed by atoms with Crippen molar-refractivity contribution in [3.8, 4) is 0 Å². The molecule has 1 fully saturated rings. The minimum atomic E-state index is 0.396. The van der Waals surface area contributed by atoms with Crippen LogP contribution in [0.2, 0.25) is 0 Å². The van der Waals surface area contributed by atoms with E-state index in [-0.39, 0.29) is 0 Å². The summed E-state index contributed by atoms with van der Waals surface area (Å²) < 4.78 is 0. The Balaban J connectivity index is 2.37. The zero-order chi connectivity index (χ0) is 12.6. The van der Waals surface area contributed by atoms with E-state index in [1.165, 1.54) is 25.7 Å². The Morgan fingerprint density at radius 3 is 2.71 bits per heavy atom. The van der Waals surface area contributed by atoms with Crippen LogP contribution in [0.5, 0.6) is 0 Å². The van der Waals surface area contributed by atoms with E-state index in [0.717, 1.165) is 23.7 Å². The average molecular weight is 235 g/mol. The number of hydrogen-bond acceptors (Lipinski definition) is 0. The third-order valence-electron chi connectivity index (χ3n) is 5.59. The summed E-state index contributed by atoms with van der Waals surface area (Å²) in [6, 6.07) is 0. The van der Waals surface area contributed by atoms with Crippen LogP contribution < -0.4 is 5.32 Å². The molecule has 0 saturated heterocycles. The second kappa shape index (κ2) is 4.76. The molecule has 1 nitrogen and oxygen atoms in total. The molecule has 1 heteroatoms. The van der Waals surface area contributed by atoms with Gasteiger partial charge in [-0.1, -0.05) is 32.4 Å². The molecule has 0 spiro atoms. The molecule has 2 rings (SSSR count). The van der Waals surface area contributed by atoms with Crippen molar-refractivity contribution in [3.05, 3.63) is 18.7 Å². The van der Waals surface area contributed by atoms with Gasteiger partial charge in [0, 0.05) is 18.3 Å². The van der Waals surface area contributed by atoms with Crippen molar-refractivity contribution in [2.45, 2.75) is 58.9 Å². The van der Waals surface area contributed by atoms with Crippen LogP contribution in [0.3, 0.4) is 0 Å². The molecule has 2 aliphatic carbocycles. The van der Waals surface area contributed by atoms with E-state index in [2.05, 4.69) is 46.1 Å². The Morgan fingerprint density at radius 1 is 1.41 bits per heavy atom. The summed E-state index contributed by atoms with van der Waals surface area (Å²) in [7, 11) is 4.20. The number of rotatable bonds is 2. The number of allylic oxidation sites excluding steroid dienone is 1. The third-order valence-corrected chi connectivity index (χ3v) is 5.59. The predicted octanol–water partition coefficient (Wildman–Crippen LogP) is 3.14. The summed E-state index contributed by atoms with van der Waals surface area (Å²) >= 11 is 0. The van der Waals surface area contributed by atoms with Crippen LogP contribution in [0.15, 0.2) is 11.6 Å². The number of fused-ring (bicyclic) bond motifs is 1. The first-order valence-electron chi connectivity index (χ1n) is 7.32. The fraction of sp³-hybridized carbons (Fsp3) is 0.812. The molecule has 0 aliphatic heterocycles. The van der Waals surface area contributed by atoms with Gasteiger partial charge in [-0.05, 0) is 38.0 Å². The highest BCUT2D eigenvalue weighted by Crippen LogP contribution is 2.48. The van der Waals surface area contributed by atoms with Crippen LogP contribution in [-0.2, 0) is 0 Å². The molecule has 4 unspecified atom stereocenters. The van der Waals surface area contributed by atoms with E-state index in [1.54, 1.807) is 5.57 Å². The molecule has 0 bridgehead atoms. The van der Waals surface area contributed by atoms with Gasteiger partial charge in [0.05, 0.1) is 5.54 Å². The second-order valence-electron chi connectivity index (χ2n) is 6.74. The van der Waals surface area contributed by atoms with Crippen molar-refractivity contribution >= 4 is 0 Å². The average Bonchev–Trinajstić information content (AvgIpc) is 2.29. The van der Waals surface area contributed by atoms with Crippen LogP contribution in [0.4, 0.5) is 0 Å². The molecule has 0 aromatic heterocycles. The second-order valence-corrected chi connectivity index (χ2v) is 6.74. The van der Waals surface area contributed by atoms with Crippen LogP contribution in [0.25, 0.3) is 0 Å². The topological polar surface area (TPSA) is 16.6 Å². The molecular weight excluding hydrogens is 206 g/mol. The van der Waals surface area contributed by atoms with Gasteiger partial charge in [-0.2, -0.15) is 7.05 Å². The summed E-state index contributed by atoms with van der Waals surface area (Å²) in [5, 5.41) is 2.31. The molecule has 0 aromatic carbocycles. The summed E-state index contributed by atoms with van der Waals surface area (Å²) in [5.41, 5.74) is 2.00. The Morgan fingerprint density at radius 2 is 2.12 bits per heavy atom. The zero-order valence-electron chi connectivity index (χ0n) is 12.0. The van der Waals surface area contributed by atoms with Gasteiger partial charge in [-0.3, -0.25) is 0 Å². The highest BCUT2D eigenvalue weighted by Gasteiger charge is 2.51. The van der Waals surface area contributed by atoms with E-state index >= 15 is 0 Å². The van der Waals surface area contributed by atoms with Crippen LogP contribution >= 0.6 is 0 Å². The monoisotopic (exact) mass is 235 g/mol. The standard InChI is InChI=1S/C16H29N/c1-11(2)14-7-6-13(4)16(17-5)9-8-12(3)10-15(14)16/h10-11,13-15H,5-9,17H2,1-4H3. The molecule has 4 atom stereocenters. The lowest BCUT2D eigenvalue weighted by atomic mass is 9.56. The van der Waals surface area contributed by atoms with Crippen molar-refractivity contribution in [1.82, 2.24) is 0 Å². The van der Waals surface area contributed by atoms with Crippen LogP contribution in [0, 0.1) is 30.7 Å². The number of nitrogens with two attached hydrogens (primary N) is 1. The molecule has 0 heterocycles. The molecule has 2 aliphatic rings. The van der Waals surface area contributed by atoms with Gasteiger partial charge in [0.2, 0.25) is 0 Å². The van der Waals surface area contributed by atoms with Crippen molar-refractivity contribution in [1.29, 1.82) is 0 Å². The Hall–Kier alpha value is -0.300. The van der Waals surface area contributed by atoms with Gasteiger partial charge in [-0.25, -0.2) is 0 Å². The first-order chi connectivity index (χ1) is 8.01. The largest absolute Gasteiger partial charge is 0.473 e. The van der Waals surface area contributed by atoms with Crippen molar-refractivity contribution in [2.75, 3.05) is 0 Å². The molecule has 0 aromatic rings. The Bertz CT molecular complexity index is 305. The van der Waals surface area contributed by atoms with Crippen LogP contribution in [-0.4, -0.2) is 5.54 Å². The molecule has 1 saturated carbocycles. The smallest absolute Gasteiger partial charge is 0.0818 e. The number of hydrogen-bond donors (Lipinski definition) is 1. The van der Waals surface area contributed by atoms with E-state index < -0.39 is 0 Å². The summed E-state index contributed by atoms with van der Waals surface area (Å²) in [6.07, 6.45) is 7.98. The minimum absolute atomic E-state index is 0.396. The summed E-state index contributed by atoms with van der Waals surface area (Å²) in [4.78, 5) is 0. The lowest BCUT2D eigenvalue weighted by Gasteiger charge is -2.53. The van der Waals surface area contributed by atoms with Gasteiger partial charge in [0.25, 0.3) is 0 Å². The fourth-order valence-corrected chi connectivity index (χ4v) is 4.30. The van der Waals surface area contributed by atoms with Crippen molar-refractivity contribution in [2.24, 2.45) is 23.7 Å². The van der Waals surface area contributed by atoms with E-state index in [0.29, 0.717) is 5.54 Å². The SMILES string of the molecule is [CH2-][NH2+]C12CCC(C)=CC1C(C(C)C)CCC2C. The van der Waals surface area contributed by atoms with Crippen LogP contribution in [0.1, 0.15) is 53.4 Å². The maximum atomic E-state index is 4.20. The van der Waals surface area contributed by atoms with E-state index in [4.69, 9.17) is 0 Å². The maximum Gasteiger partial charge on any atom is 0.0818 e. The van der Waals surface area contributed by atoms with Gasteiger partial charge < -0.3 is 5.32 Å². The zero-order valence-corrected chi connectivity index (χ0v) is 12.0. The lowest BCUT2D eigenvalue weighted by molar-refractivity contribution is -0.698. The normalized spacial score (nSPS) is 42.2. The maximum absolute atomic E-state index is 4.20. The van der Waals surface area contributed by atoms with E-state index in [1.807, 2.05) is 0 Å². The predicted molar refractivity (Wildman–Crippen MR) is 73.2 cm³/mol. The minimum Gasteiger partial charge on any atom is -0.473 e. The van der Waals surface area contributed by atoms with Gasteiger partial charge in [0.15, 0.2) is 0 Å². The Labute approximate surface area is 107 Å². The summed E-state index contributed by atoms with van der Waals surface area (Å²) in [5.74, 6) is 3.22. The fourth-order valence-electron chi connectivity index (χ4n) is 4.30. The van der Waals surface area contributed by atoms with Crippen molar-refractivity contribution < 1.29 is 5.32 Å². The first kappa shape index (κ1) is 13.1. The number of quaternary nitrogens is 1. The highest BCUT2D eigenvalue weighted by atomic mass is 15.0. The van der Waals surface area contributed by atoms with Gasteiger partial charge in [0.1, 0.15) is 0 Å². The third kappa shape index (κ3) is 2.07. The highest BCUT2D eigenvalue weighted by molar-refractivity contribution is 5.16. The van der Waals surface area contributed by atoms with Crippen molar-refractivity contribution in [3.63, 3.8) is 0 Å². The van der Waals surface area contributed by atoms with Gasteiger partial charge in [-0.15, -0.1) is 0 Å². The van der Waals surface area contributed by atoms with E-state index in [9.17, 15) is 0 Å². The molecule has 98 valence electrons. The summed E-state index contributed by atoms with van der Waals surface area (Å²) in [6.45, 7) is 9.54. The molecule has 2 N–H and O–H groups in total. The lowest BCUT2D eigenvalue weighted by Crippen LogP contribution is -2.96. The molecule has 0 radical (unpaired) electrons. The molecule has 0 amide bonds. The first-order valence-corrected chi connectivity index (χ1v) is 7.32. The van der Waals surface area contributed by atoms with Gasteiger partial charge >= 0.3 is 0 Å². The Kier molecular flexibility index (Phi) is 3.68. The molecular formula is C16H29N. The quantitative estimate of drug-likeness (QED) is 0.559. The molecule has 17 heavy (non-hydrogen) atoms.